The monoisotopic (exact) mass is 434 g/mol. The first-order chi connectivity index (χ1) is 14.9. The number of aromatic nitrogens is 1. The van der Waals surface area contributed by atoms with Crippen LogP contribution in [0.1, 0.15) is 25.3 Å². The molecular weight excluding hydrogens is 413 g/mol. The van der Waals surface area contributed by atoms with Crippen molar-refractivity contribution in [1.82, 2.24) is 10.1 Å². The molecule has 0 spiro atoms. The molecule has 0 amide bonds. The van der Waals surface area contributed by atoms with Crippen LogP contribution in [-0.2, 0) is 16.1 Å². The fraction of sp³-hybridized carbons (Fsp3) is 0.364. The van der Waals surface area contributed by atoms with Gasteiger partial charge < -0.3 is 14.4 Å². The number of hydrogen-bond acceptors (Lipinski definition) is 6. The topological polar surface area (TPSA) is 75.8 Å². The first kappa shape index (κ1) is 21.2. The summed E-state index contributed by atoms with van der Waals surface area (Å²) in [6, 6.07) is 4.66. The van der Waals surface area contributed by atoms with Crippen LogP contribution in [0.3, 0.4) is 0 Å². The molecule has 1 aliphatic rings. The Balaban J connectivity index is 1.65. The number of halogens is 3. The number of aromatic hydroxyl groups is 1. The number of phenolic OH excluding ortho intramolecular Hbond substituents is 1. The molecule has 1 aromatic heterocycles. The summed E-state index contributed by atoms with van der Waals surface area (Å²) in [4.78, 5) is 14.1. The normalized spacial score (nSPS) is 17.2. The number of piperidine rings is 1. The third kappa shape index (κ3) is 4.10. The highest BCUT2D eigenvalue weighted by Crippen LogP contribution is 2.36. The van der Waals surface area contributed by atoms with Gasteiger partial charge in [-0.15, -0.1) is 0 Å². The molecule has 1 saturated heterocycles. The lowest BCUT2D eigenvalue weighted by molar-refractivity contribution is -0.150. The van der Waals surface area contributed by atoms with Crippen molar-refractivity contribution in [1.29, 1.82) is 0 Å². The summed E-state index contributed by atoms with van der Waals surface area (Å²) in [5.41, 5.74) is 0.867. The van der Waals surface area contributed by atoms with E-state index in [-0.39, 0.29) is 34.5 Å². The minimum Gasteiger partial charge on any atom is -0.507 e. The SMILES string of the molecule is CCOC(=O)C1CCCN(Cc2c(O)ccc3c(-c4cc(F)c(F)c(F)c4)noc23)C1. The first-order valence-electron chi connectivity index (χ1n) is 10.0. The Morgan fingerprint density at radius 2 is 2.03 bits per heavy atom. The number of fused-ring (bicyclic) bond motifs is 1. The van der Waals surface area contributed by atoms with Crippen LogP contribution in [0.15, 0.2) is 28.8 Å². The third-order valence-corrected chi connectivity index (χ3v) is 5.48. The van der Waals surface area contributed by atoms with Gasteiger partial charge in [-0.3, -0.25) is 9.69 Å². The quantitative estimate of drug-likeness (QED) is 0.474. The second kappa shape index (κ2) is 8.58. The molecule has 4 rings (SSSR count). The predicted octanol–water partition coefficient (Wildman–Crippen LogP) is 4.39. The summed E-state index contributed by atoms with van der Waals surface area (Å²) >= 11 is 0. The van der Waals surface area contributed by atoms with E-state index >= 15 is 0 Å². The Morgan fingerprint density at radius 1 is 1.29 bits per heavy atom. The molecule has 0 saturated carbocycles. The molecule has 6 nitrogen and oxygen atoms in total. The van der Waals surface area contributed by atoms with Crippen molar-refractivity contribution in [3.8, 4) is 17.0 Å². The van der Waals surface area contributed by atoms with E-state index in [9.17, 15) is 23.1 Å². The number of ether oxygens (including phenoxy) is 1. The van der Waals surface area contributed by atoms with Crippen molar-refractivity contribution >= 4 is 16.9 Å². The van der Waals surface area contributed by atoms with E-state index in [4.69, 9.17) is 9.26 Å². The summed E-state index contributed by atoms with van der Waals surface area (Å²) < 4.78 is 51.2. The molecule has 1 aliphatic heterocycles. The third-order valence-electron chi connectivity index (χ3n) is 5.48. The van der Waals surface area contributed by atoms with Crippen molar-refractivity contribution in [2.75, 3.05) is 19.7 Å². The summed E-state index contributed by atoms with van der Waals surface area (Å²) in [6.45, 7) is 3.57. The van der Waals surface area contributed by atoms with E-state index in [2.05, 4.69) is 5.16 Å². The van der Waals surface area contributed by atoms with Crippen LogP contribution in [0.4, 0.5) is 13.2 Å². The molecule has 1 N–H and O–H groups in total. The molecule has 1 atom stereocenters. The number of carbonyl (C=O) groups excluding carboxylic acids is 1. The zero-order valence-corrected chi connectivity index (χ0v) is 16.8. The number of benzene rings is 2. The fourth-order valence-corrected chi connectivity index (χ4v) is 3.98. The van der Waals surface area contributed by atoms with Crippen LogP contribution < -0.4 is 0 Å². The lowest BCUT2D eigenvalue weighted by Gasteiger charge is -2.31. The van der Waals surface area contributed by atoms with Crippen LogP contribution in [-0.4, -0.2) is 40.8 Å². The molecule has 1 unspecified atom stereocenters. The van der Waals surface area contributed by atoms with Gasteiger partial charge in [-0.25, -0.2) is 13.2 Å². The molecule has 2 aromatic carbocycles. The Morgan fingerprint density at radius 3 is 2.74 bits per heavy atom. The van der Waals surface area contributed by atoms with E-state index in [1.54, 1.807) is 6.92 Å². The van der Waals surface area contributed by atoms with Crippen molar-refractivity contribution in [3.05, 3.63) is 47.3 Å². The standard InChI is InChI=1S/C22H21F3N2O4/c1-2-30-22(29)12-4-3-7-27(10-12)11-15-18(28)6-5-14-20(26-31-21(14)15)13-8-16(23)19(25)17(24)9-13/h5-6,8-9,12,28H,2-4,7,10-11H2,1H3. The Labute approximate surface area is 176 Å². The summed E-state index contributed by atoms with van der Waals surface area (Å²) in [7, 11) is 0. The number of phenols is 1. The second-order valence-electron chi connectivity index (χ2n) is 7.55. The summed E-state index contributed by atoms with van der Waals surface area (Å²) in [5, 5.41) is 14.8. The number of likely N-dealkylation sites (tertiary alicyclic amines) is 1. The zero-order chi connectivity index (χ0) is 22.1. The van der Waals surface area contributed by atoms with Crippen molar-refractivity contribution in [2.24, 2.45) is 5.92 Å². The highest BCUT2D eigenvalue weighted by atomic mass is 19.2. The highest BCUT2D eigenvalue weighted by Gasteiger charge is 2.28. The maximum Gasteiger partial charge on any atom is 0.310 e. The van der Waals surface area contributed by atoms with Gasteiger partial charge >= 0.3 is 5.97 Å². The number of esters is 1. The van der Waals surface area contributed by atoms with Crippen LogP contribution >= 0.6 is 0 Å². The van der Waals surface area contributed by atoms with Gasteiger partial charge in [0.1, 0.15) is 11.4 Å². The van der Waals surface area contributed by atoms with Gasteiger partial charge in [0.15, 0.2) is 23.0 Å². The maximum atomic E-state index is 13.7. The van der Waals surface area contributed by atoms with Gasteiger partial charge in [0.05, 0.1) is 23.5 Å². The van der Waals surface area contributed by atoms with Crippen LogP contribution in [0.2, 0.25) is 0 Å². The van der Waals surface area contributed by atoms with Gasteiger partial charge in [0, 0.05) is 18.7 Å². The molecule has 31 heavy (non-hydrogen) atoms. The molecule has 2 heterocycles. The van der Waals surface area contributed by atoms with E-state index in [1.807, 2.05) is 4.90 Å². The van der Waals surface area contributed by atoms with E-state index < -0.39 is 17.5 Å². The van der Waals surface area contributed by atoms with Crippen molar-refractivity contribution in [3.63, 3.8) is 0 Å². The average molecular weight is 434 g/mol. The number of carbonyl (C=O) groups is 1. The van der Waals surface area contributed by atoms with Crippen LogP contribution in [0.5, 0.6) is 5.75 Å². The molecule has 9 heteroatoms. The molecule has 3 aromatic rings. The predicted molar refractivity (Wildman–Crippen MR) is 106 cm³/mol. The molecule has 0 bridgehead atoms. The lowest BCUT2D eigenvalue weighted by atomic mass is 9.97. The summed E-state index contributed by atoms with van der Waals surface area (Å²) in [6.07, 6.45) is 1.54. The molecule has 0 aliphatic carbocycles. The Hall–Kier alpha value is -3.07. The minimum atomic E-state index is -1.56. The average Bonchev–Trinajstić information content (AvgIpc) is 3.18. The van der Waals surface area contributed by atoms with Gasteiger partial charge in [-0.1, -0.05) is 5.16 Å². The van der Waals surface area contributed by atoms with E-state index in [0.29, 0.717) is 30.6 Å². The van der Waals surface area contributed by atoms with Crippen molar-refractivity contribution in [2.45, 2.75) is 26.3 Å². The molecule has 1 fully saturated rings. The number of rotatable bonds is 5. The van der Waals surface area contributed by atoms with E-state index in [1.165, 1.54) is 12.1 Å². The van der Waals surface area contributed by atoms with Crippen LogP contribution in [0.25, 0.3) is 22.2 Å². The molecule has 164 valence electrons. The smallest absolute Gasteiger partial charge is 0.310 e. The van der Waals surface area contributed by atoms with Crippen molar-refractivity contribution < 1.29 is 32.3 Å². The largest absolute Gasteiger partial charge is 0.507 e. The summed E-state index contributed by atoms with van der Waals surface area (Å²) in [5.74, 6) is -4.73. The highest BCUT2D eigenvalue weighted by molar-refractivity contribution is 5.94. The van der Waals surface area contributed by atoms with Gasteiger partial charge in [0.25, 0.3) is 0 Å². The maximum absolute atomic E-state index is 13.7. The second-order valence-corrected chi connectivity index (χ2v) is 7.55. The Bertz CT molecular complexity index is 1110. The lowest BCUT2D eigenvalue weighted by Crippen LogP contribution is -2.38. The van der Waals surface area contributed by atoms with Gasteiger partial charge in [-0.05, 0) is 50.6 Å². The Kier molecular flexibility index (Phi) is 5.86. The van der Waals surface area contributed by atoms with Gasteiger partial charge in [0.2, 0.25) is 0 Å². The molecular formula is C22H21F3N2O4. The number of nitrogens with zero attached hydrogens (tertiary/aromatic N) is 2. The minimum absolute atomic E-state index is 0.0205. The first-order valence-corrected chi connectivity index (χ1v) is 10.0. The zero-order valence-electron chi connectivity index (χ0n) is 16.8. The fourth-order valence-electron chi connectivity index (χ4n) is 3.98. The van der Waals surface area contributed by atoms with Crippen LogP contribution in [0, 0.1) is 23.4 Å². The van der Waals surface area contributed by atoms with Gasteiger partial charge in [-0.2, -0.15) is 0 Å². The molecule has 0 radical (unpaired) electrons. The number of hydrogen-bond donors (Lipinski definition) is 1. The van der Waals surface area contributed by atoms with E-state index in [0.717, 1.165) is 31.5 Å².